The highest BCUT2D eigenvalue weighted by molar-refractivity contribution is 5.84. The standard InChI is InChI=1S/C24H26N2O2/c1-4-16-28-19-9-7-8-18(17-19)12-14-24-23(2,3)20-10-5-6-11-21(20)26(24)15-13-22(27)25-24/h4-12,14,17H,1,13,15-16H2,2-3H3,(H,25,27)/b14-12+/t24-/m0/s1. The topological polar surface area (TPSA) is 41.6 Å². The van der Waals surface area contributed by atoms with Crippen molar-refractivity contribution in [3.05, 3.63) is 78.4 Å². The van der Waals surface area contributed by atoms with Gasteiger partial charge in [0.25, 0.3) is 0 Å². The van der Waals surface area contributed by atoms with Crippen molar-refractivity contribution in [2.75, 3.05) is 18.1 Å². The molecule has 0 unspecified atom stereocenters. The first-order valence-corrected chi connectivity index (χ1v) is 9.69. The summed E-state index contributed by atoms with van der Waals surface area (Å²) in [6.45, 7) is 9.27. The molecule has 144 valence electrons. The summed E-state index contributed by atoms with van der Waals surface area (Å²) in [6, 6.07) is 16.4. The zero-order valence-corrected chi connectivity index (χ0v) is 16.4. The summed E-state index contributed by atoms with van der Waals surface area (Å²) in [5, 5.41) is 3.30. The van der Waals surface area contributed by atoms with E-state index in [4.69, 9.17) is 4.74 Å². The highest BCUT2D eigenvalue weighted by atomic mass is 16.5. The molecule has 4 nitrogen and oxygen atoms in total. The van der Waals surface area contributed by atoms with E-state index in [0.717, 1.165) is 11.3 Å². The molecule has 2 aliphatic heterocycles. The maximum absolute atomic E-state index is 12.4. The van der Waals surface area contributed by atoms with E-state index >= 15 is 0 Å². The van der Waals surface area contributed by atoms with Gasteiger partial charge in [0.2, 0.25) is 5.91 Å². The molecule has 0 aromatic heterocycles. The maximum atomic E-state index is 12.4. The predicted octanol–water partition coefficient (Wildman–Crippen LogP) is 4.28. The number of amides is 1. The fourth-order valence-corrected chi connectivity index (χ4v) is 4.40. The third kappa shape index (κ3) is 2.80. The molecule has 1 saturated heterocycles. The quantitative estimate of drug-likeness (QED) is 0.795. The molecular formula is C24H26N2O2. The Morgan fingerprint density at radius 2 is 2.04 bits per heavy atom. The molecule has 1 atom stereocenters. The van der Waals surface area contributed by atoms with Crippen LogP contribution >= 0.6 is 0 Å². The van der Waals surface area contributed by atoms with Gasteiger partial charge in [0, 0.05) is 24.1 Å². The van der Waals surface area contributed by atoms with Crippen LogP contribution in [-0.2, 0) is 10.2 Å². The molecule has 0 saturated carbocycles. The molecule has 0 bridgehead atoms. The summed E-state index contributed by atoms with van der Waals surface area (Å²) in [5.74, 6) is 0.892. The number of benzene rings is 2. The Bertz CT molecular complexity index is 947. The Balaban J connectivity index is 1.74. The number of anilines is 1. The summed E-state index contributed by atoms with van der Waals surface area (Å²) in [7, 11) is 0. The average molecular weight is 374 g/mol. The number of ether oxygens (including phenoxy) is 1. The van der Waals surface area contributed by atoms with Crippen molar-refractivity contribution in [3.8, 4) is 5.75 Å². The molecule has 2 heterocycles. The number of para-hydroxylation sites is 1. The molecule has 0 radical (unpaired) electrons. The van der Waals surface area contributed by atoms with Gasteiger partial charge in [0.1, 0.15) is 18.0 Å². The van der Waals surface area contributed by atoms with Gasteiger partial charge >= 0.3 is 0 Å². The molecule has 28 heavy (non-hydrogen) atoms. The minimum absolute atomic E-state index is 0.0878. The van der Waals surface area contributed by atoms with Crippen LogP contribution in [0.4, 0.5) is 5.69 Å². The molecule has 0 spiro atoms. The smallest absolute Gasteiger partial charge is 0.223 e. The van der Waals surface area contributed by atoms with Gasteiger partial charge < -0.3 is 15.0 Å². The lowest BCUT2D eigenvalue weighted by Gasteiger charge is -2.49. The first-order chi connectivity index (χ1) is 13.5. The predicted molar refractivity (Wildman–Crippen MR) is 113 cm³/mol. The molecule has 4 rings (SSSR count). The van der Waals surface area contributed by atoms with Crippen molar-refractivity contribution < 1.29 is 9.53 Å². The Morgan fingerprint density at radius 1 is 1.21 bits per heavy atom. The van der Waals surface area contributed by atoms with E-state index in [1.165, 1.54) is 11.3 Å². The van der Waals surface area contributed by atoms with Crippen LogP contribution in [0.5, 0.6) is 5.75 Å². The zero-order valence-electron chi connectivity index (χ0n) is 16.4. The van der Waals surface area contributed by atoms with Gasteiger partial charge in [-0.1, -0.05) is 62.9 Å². The van der Waals surface area contributed by atoms with Gasteiger partial charge in [-0.15, -0.1) is 0 Å². The van der Waals surface area contributed by atoms with Crippen LogP contribution in [0, 0.1) is 0 Å². The summed E-state index contributed by atoms with van der Waals surface area (Å²) in [4.78, 5) is 14.8. The lowest BCUT2D eigenvalue weighted by molar-refractivity contribution is -0.124. The number of fused-ring (bicyclic) bond motifs is 3. The molecule has 1 amide bonds. The van der Waals surface area contributed by atoms with E-state index in [9.17, 15) is 4.79 Å². The van der Waals surface area contributed by atoms with E-state index in [-0.39, 0.29) is 11.3 Å². The largest absolute Gasteiger partial charge is 0.490 e. The van der Waals surface area contributed by atoms with E-state index < -0.39 is 5.66 Å². The number of nitrogens with zero attached hydrogens (tertiary/aromatic N) is 1. The number of hydrogen-bond acceptors (Lipinski definition) is 3. The average Bonchev–Trinajstić information content (AvgIpc) is 2.89. The van der Waals surface area contributed by atoms with Crippen LogP contribution in [-0.4, -0.2) is 24.7 Å². The van der Waals surface area contributed by atoms with Crippen LogP contribution in [0.1, 0.15) is 31.4 Å². The number of carbonyl (C=O) groups excluding carboxylic acids is 1. The summed E-state index contributed by atoms with van der Waals surface area (Å²) in [6.07, 6.45) is 6.45. The van der Waals surface area contributed by atoms with Crippen LogP contribution < -0.4 is 15.0 Å². The third-order valence-corrected chi connectivity index (χ3v) is 5.88. The lowest BCUT2D eigenvalue weighted by Crippen LogP contribution is -2.68. The summed E-state index contributed by atoms with van der Waals surface area (Å²) in [5.41, 5.74) is 2.62. The van der Waals surface area contributed by atoms with Gasteiger partial charge in [-0.05, 0) is 35.4 Å². The lowest BCUT2D eigenvalue weighted by atomic mass is 9.74. The molecular weight excluding hydrogens is 348 g/mol. The molecule has 2 aromatic rings. The van der Waals surface area contributed by atoms with Crippen molar-refractivity contribution in [2.24, 2.45) is 0 Å². The number of nitrogens with one attached hydrogen (secondary N) is 1. The fourth-order valence-electron chi connectivity index (χ4n) is 4.40. The van der Waals surface area contributed by atoms with Crippen LogP contribution in [0.15, 0.2) is 67.3 Å². The number of hydrogen-bond donors (Lipinski definition) is 1. The Hall–Kier alpha value is -3.01. The summed E-state index contributed by atoms with van der Waals surface area (Å²) < 4.78 is 5.65. The molecule has 1 N–H and O–H groups in total. The molecule has 1 fully saturated rings. The normalized spacial score (nSPS) is 22.5. The fraction of sp³-hybridized carbons (Fsp3) is 0.292. The van der Waals surface area contributed by atoms with Gasteiger partial charge in [0.05, 0.1) is 0 Å². The first-order valence-electron chi connectivity index (χ1n) is 9.69. The van der Waals surface area contributed by atoms with Gasteiger partial charge in [0.15, 0.2) is 0 Å². The van der Waals surface area contributed by atoms with Gasteiger partial charge in [-0.3, -0.25) is 4.79 Å². The third-order valence-electron chi connectivity index (χ3n) is 5.88. The van der Waals surface area contributed by atoms with Crippen molar-refractivity contribution in [1.29, 1.82) is 0 Å². The van der Waals surface area contributed by atoms with Crippen molar-refractivity contribution in [3.63, 3.8) is 0 Å². The van der Waals surface area contributed by atoms with Crippen LogP contribution in [0.3, 0.4) is 0 Å². The monoisotopic (exact) mass is 374 g/mol. The second-order valence-corrected chi connectivity index (χ2v) is 7.86. The minimum Gasteiger partial charge on any atom is -0.490 e. The Kier molecular flexibility index (Phi) is 4.50. The zero-order chi connectivity index (χ0) is 19.8. The molecule has 4 heteroatoms. The van der Waals surface area contributed by atoms with Crippen LogP contribution in [0.25, 0.3) is 6.08 Å². The Morgan fingerprint density at radius 3 is 2.86 bits per heavy atom. The Labute approximate surface area is 166 Å². The van der Waals surface area contributed by atoms with Crippen molar-refractivity contribution in [1.82, 2.24) is 5.32 Å². The van der Waals surface area contributed by atoms with Crippen molar-refractivity contribution in [2.45, 2.75) is 31.3 Å². The van der Waals surface area contributed by atoms with E-state index in [0.29, 0.717) is 19.6 Å². The highest BCUT2D eigenvalue weighted by Crippen LogP contribution is 2.52. The molecule has 2 aromatic carbocycles. The number of rotatable bonds is 5. The SMILES string of the molecule is C=CCOc1cccc(/C=C/[C@]23NC(=O)CCN2c2ccccc2C3(C)C)c1. The maximum Gasteiger partial charge on any atom is 0.223 e. The van der Waals surface area contributed by atoms with Crippen LogP contribution in [0.2, 0.25) is 0 Å². The minimum atomic E-state index is -0.593. The van der Waals surface area contributed by atoms with Crippen molar-refractivity contribution >= 4 is 17.7 Å². The van der Waals surface area contributed by atoms with Gasteiger partial charge in [-0.25, -0.2) is 0 Å². The summed E-state index contributed by atoms with van der Waals surface area (Å²) >= 11 is 0. The van der Waals surface area contributed by atoms with E-state index in [1.807, 2.05) is 24.3 Å². The first kappa shape index (κ1) is 18.4. The van der Waals surface area contributed by atoms with Gasteiger partial charge in [-0.2, -0.15) is 0 Å². The second kappa shape index (κ2) is 6.86. The second-order valence-electron chi connectivity index (χ2n) is 7.86. The van der Waals surface area contributed by atoms with E-state index in [1.54, 1.807) is 6.08 Å². The molecule has 0 aliphatic carbocycles. The number of carbonyl (C=O) groups is 1. The highest BCUT2D eigenvalue weighted by Gasteiger charge is 2.57. The molecule has 2 aliphatic rings. The van der Waals surface area contributed by atoms with E-state index in [2.05, 4.69) is 67.1 Å².